The minimum Gasteiger partial charge on any atom is -0.478 e. The predicted octanol–water partition coefficient (Wildman–Crippen LogP) is 12.3. The molecule has 3 saturated carbocycles. The molecule has 0 spiro atoms. The number of ether oxygens (including phenoxy) is 3. The first-order chi connectivity index (χ1) is 36.5. The van der Waals surface area contributed by atoms with Gasteiger partial charge in [0.1, 0.15) is 34.4 Å². The maximum atomic E-state index is 14.0. The Morgan fingerprint density at radius 3 is 1.09 bits per heavy atom. The summed E-state index contributed by atoms with van der Waals surface area (Å²) in [5.74, 6) is -9.25. The van der Waals surface area contributed by atoms with Gasteiger partial charge in [0.25, 0.3) is 0 Å². The van der Waals surface area contributed by atoms with E-state index in [9.17, 15) is 65.7 Å². The fourth-order valence-electron chi connectivity index (χ4n) is 8.77. The van der Waals surface area contributed by atoms with Gasteiger partial charge in [-0.1, -0.05) is 83.5 Å². The fourth-order valence-corrected chi connectivity index (χ4v) is 8.77. The van der Waals surface area contributed by atoms with Crippen LogP contribution in [0.1, 0.15) is 170 Å². The van der Waals surface area contributed by atoms with Crippen molar-refractivity contribution in [3.63, 3.8) is 0 Å². The summed E-state index contributed by atoms with van der Waals surface area (Å²) in [4.78, 5) is 63.0. The number of hydrogen-bond donors (Lipinski definition) is 4. The smallest absolute Gasteiger partial charge is 0.341 e. The molecule has 0 radical (unpaired) electrons. The zero-order chi connectivity index (χ0) is 57.4. The van der Waals surface area contributed by atoms with Gasteiger partial charge in [-0.2, -0.15) is 8.78 Å². The van der Waals surface area contributed by atoms with Crippen molar-refractivity contribution in [2.45, 2.75) is 136 Å². The molecule has 7 N–H and O–H groups in total. The predicted molar refractivity (Wildman–Crippen MR) is 274 cm³/mol. The second kappa shape index (κ2) is 32.3. The van der Waals surface area contributed by atoms with Crippen LogP contribution in [0.2, 0.25) is 0 Å². The van der Waals surface area contributed by atoms with Crippen LogP contribution < -0.4 is 17.2 Å². The topological polar surface area (TPSA) is 281 Å². The summed E-state index contributed by atoms with van der Waals surface area (Å²) in [6.45, 7) is 5.31. The maximum Gasteiger partial charge on any atom is 0.341 e. The Kier molecular flexibility index (Phi) is 26.9. The average Bonchev–Trinajstić information content (AvgIpc) is 3.37. The van der Waals surface area contributed by atoms with Crippen LogP contribution in [0.5, 0.6) is 0 Å². The number of nitro groups is 2. The lowest BCUT2D eigenvalue weighted by atomic mass is 9.84. The summed E-state index contributed by atoms with van der Waals surface area (Å²) in [6, 6.07) is 7.46. The number of rotatable bonds is 13. The van der Waals surface area contributed by atoms with Gasteiger partial charge in [0, 0.05) is 41.7 Å². The molecular formula is C54H67F6N5O12. The number of nitrogen functional groups attached to an aromatic ring is 2. The van der Waals surface area contributed by atoms with Gasteiger partial charge in [0.15, 0.2) is 0 Å². The number of nitrogens with zero attached hydrogens (tertiary/aromatic N) is 2. The minimum atomic E-state index is -1.69. The number of carboxylic acid groups (broad SMARTS) is 1. The Hall–Kier alpha value is -7.30. The number of anilines is 2. The second-order valence-corrected chi connectivity index (χ2v) is 18.4. The Bertz CT molecular complexity index is 2540. The van der Waals surface area contributed by atoms with E-state index in [1.807, 2.05) is 0 Å². The third-order valence-corrected chi connectivity index (χ3v) is 12.8. The molecule has 0 amide bonds. The lowest BCUT2D eigenvalue weighted by Crippen LogP contribution is -2.22. The van der Waals surface area contributed by atoms with Gasteiger partial charge in [-0.25, -0.2) is 36.7 Å². The van der Waals surface area contributed by atoms with Crippen LogP contribution >= 0.6 is 0 Å². The zero-order valence-electron chi connectivity index (χ0n) is 43.3. The van der Waals surface area contributed by atoms with Gasteiger partial charge in [-0.15, -0.1) is 0 Å². The van der Waals surface area contributed by atoms with E-state index in [4.69, 9.17) is 31.8 Å². The SMILES string of the molecule is CCOC(=O)c1cc(N)c(CC2CCCCC2)cc1F.CCOC(=O)c1cc(N)c(CC2CCCCC2)cc1F.CCOC(=O)c1cc([N+](=O)[O-])c(F)cc1F.NC1CCCCC1.O=C(O)c1cc([N+](=O)[O-])c(F)cc1F. The van der Waals surface area contributed by atoms with Crippen molar-refractivity contribution in [1.82, 2.24) is 0 Å². The number of benzene rings is 4. The lowest BCUT2D eigenvalue weighted by Gasteiger charge is -2.22. The van der Waals surface area contributed by atoms with Crippen molar-refractivity contribution < 1.29 is 74.7 Å². The molecule has 422 valence electrons. The number of esters is 3. The molecule has 23 heteroatoms. The monoisotopic (exact) mass is 1090 g/mol. The molecule has 0 unspecified atom stereocenters. The molecule has 4 aromatic carbocycles. The molecular weight excluding hydrogens is 1020 g/mol. The van der Waals surface area contributed by atoms with Gasteiger partial charge in [0.05, 0.1) is 40.8 Å². The number of halogens is 6. The number of aromatic carboxylic acids is 1. The second-order valence-electron chi connectivity index (χ2n) is 18.4. The number of carboxylic acids is 1. The fraction of sp³-hybridized carbons (Fsp3) is 0.481. The first-order valence-corrected chi connectivity index (χ1v) is 25.5. The van der Waals surface area contributed by atoms with E-state index < -0.39 is 91.1 Å². The molecule has 7 rings (SSSR count). The van der Waals surface area contributed by atoms with E-state index in [0.717, 1.165) is 24.0 Å². The number of carbonyl (C=O) groups excluding carboxylic acids is 3. The molecule has 77 heavy (non-hydrogen) atoms. The molecule has 0 aliphatic heterocycles. The van der Waals surface area contributed by atoms with Crippen molar-refractivity contribution >= 4 is 46.6 Å². The summed E-state index contributed by atoms with van der Waals surface area (Å²) in [7, 11) is 0. The van der Waals surface area contributed by atoms with E-state index in [-0.39, 0.29) is 43.1 Å². The molecule has 0 aromatic heterocycles. The quantitative estimate of drug-likeness (QED) is 0.0242. The van der Waals surface area contributed by atoms with Gasteiger partial charge in [0.2, 0.25) is 11.6 Å². The van der Waals surface area contributed by atoms with Crippen LogP contribution in [-0.2, 0) is 27.1 Å². The van der Waals surface area contributed by atoms with Crippen LogP contribution in [-0.4, -0.2) is 64.7 Å². The van der Waals surface area contributed by atoms with Gasteiger partial charge in [-0.3, -0.25) is 20.2 Å². The Morgan fingerprint density at radius 1 is 0.494 bits per heavy atom. The molecule has 0 atom stereocenters. The standard InChI is InChI=1S/2C16H22FNO2.C9H7F2NO4.C7H3F2NO4.C6H13N/c2*1-2-20-16(19)13-10-15(18)12(9-14(13)17)8-11-6-4-3-5-7-11;1-2-16-9(13)5-3-8(12(14)15)7(11)4-6(5)10;8-4-2-5(9)6(10(13)14)1-3(4)7(11)12;7-6-4-2-1-3-5-6/h2*9-11H,2-8,18H2,1H3;3-4H,2H2,1H3;1-2H,(H,11,12);6H,1-5,7H2. The van der Waals surface area contributed by atoms with Crippen molar-refractivity contribution in [1.29, 1.82) is 0 Å². The largest absolute Gasteiger partial charge is 0.478 e. The van der Waals surface area contributed by atoms with Gasteiger partial charge in [-0.05, 0) is 93.7 Å². The van der Waals surface area contributed by atoms with E-state index in [1.165, 1.54) is 128 Å². The van der Waals surface area contributed by atoms with Crippen molar-refractivity contribution in [2.24, 2.45) is 17.6 Å². The Morgan fingerprint density at radius 2 is 0.792 bits per heavy atom. The van der Waals surface area contributed by atoms with E-state index in [1.54, 1.807) is 13.8 Å². The average molecular weight is 1090 g/mol. The summed E-state index contributed by atoms with van der Waals surface area (Å²) in [5, 5.41) is 28.9. The number of nitrogens with two attached hydrogens (primary N) is 3. The number of hydrogen-bond acceptors (Lipinski definition) is 14. The molecule has 17 nitrogen and oxygen atoms in total. The highest BCUT2D eigenvalue weighted by atomic mass is 19.2. The van der Waals surface area contributed by atoms with Crippen molar-refractivity contribution in [3.8, 4) is 0 Å². The highest BCUT2D eigenvalue weighted by molar-refractivity contribution is 5.92. The van der Waals surface area contributed by atoms with Crippen LogP contribution in [0.3, 0.4) is 0 Å². The zero-order valence-corrected chi connectivity index (χ0v) is 43.3. The van der Waals surface area contributed by atoms with Crippen LogP contribution in [0, 0.1) is 67.0 Å². The third-order valence-electron chi connectivity index (χ3n) is 12.8. The number of nitro benzene ring substituents is 2. The summed E-state index contributed by atoms with van der Waals surface area (Å²) in [6.07, 6.45) is 20.5. The molecule has 0 bridgehead atoms. The van der Waals surface area contributed by atoms with Gasteiger partial charge < -0.3 is 36.5 Å². The van der Waals surface area contributed by atoms with Crippen LogP contribution in [0.25, 0.3) is 0 Å². The van der Waals surface area contributed by atoms with Gasteiger partial charge >= 0.3 is 35.3 Å². The van der Waals surface area contributed by atoms with E-state index >= 15 is 0 Å². The first kappa shape index (κ1) is 64.0. The van der Waals surface area contributed by atoms with Crippen LogP contribution in [0.15, 0.2) is 48.5 Å². The van der Waals surface area contributed by atoms with Crippen molar-refractivity contribution in [3.05, 3.63) is 137 Å². The Balaban J connectivity index is 0.000000261. The first-order valence-electron chi connectivity index (χ1n) is 25.5. The number of carbonyl (C=O) groups is 4. The van der Waals surface area contributed by atoms with E-state index in [2.05, 4.69) is 4.74 Å². The highest BCUT2D eigenvalue weighted by Crippen LogP contribution is 2.32. The molecule has 3 fully saturated rings. The normalized spacial score (nSPS) is 14.5. The maximum absolute atomic E-state index is 14.0. The third kappa shape index (κ3) is 20.6. The van der Waals surface area contributed by atoms with Crippen LogP contribution in [0.4, 0.5) is 49.1 Å². The molecule has 3 aliphatic rings. The summed E-state index contributed by atoms with van der Waals surface area (Å²) >= 11 is 0. The molecule has 4 aromatic rings. The summed E-state index contributed by atoms with van der Waals surface area (Å²) < 4.78 is 93.5. The minimum absolute atomic E-state index is 0.0105. The molecule has 3 aliphatic carbocycles. The van der Waals surface area contributed by atoms with E-state index in [0.29, 0.717) is 41.4 Å². The highest BCUT2D eigenvalue weighted by Gasteiger charge is 2.25. The Labute approximate surface area is 442 Å². The molecule has 0 heterocycles. The molecule has 0 saturated heterocycles. The summed E-state index contributed by atoms with van der Waals surface area (Å²) in [5.41, 5.74) is 16.4. The van der Waals surface area contributed by atoms with Crippen molar-refractivity contribution in [2.75, 3.05) is 31.3 Å². The lowest BCUT2D eigenvalue weighted by molar-refractivity contribution is -0.387.